The van der Waals surface area contributed by atoms with E-state index in [-0.39, 0.29) is 5.78 Å². The molecule has 1 atom stereocenters. The van der Waals surface area contributed by atoms with Gasteiger partial charge in [0.25, 0.3) is 0 Å². The van der Waals surface area contributed by atoms with Gasteiger partial charge < -0.3 is 4.57 Å². The van der Waals surface area contributed by atoms with Gasteiger partial charge in [-0.1, -0.05) is 43.3 Å². The minimum absolute atomic E-state index is 0.181. The maximum atomic E-state index is 13.6. The van der Waals surface area contributed by atoms with Gasteiger partial charge in [0.1, 0.15) is 4.75 Å². The molecular formula is C21H19NOS. The number of aromatic nitrogens is 1. The summed E-state index contributed by atoms with van der Waals surface area (Å²) in [6.07, 6.45) is 2.74. The molecule has 3 aromatic rings. The van der Waals surface area contributed by atoms with Crippen molar-refractivity contribution in [3.8, 4) is 5.69 Å². The van der Waals surface area contributed by atoms with Crippen LogP contribution in [0.3, 0.4) is 0 Å². The summed E-state index contributed by atoms with van der Waals surface area (Å²) >= 11 is 1.69. The zero-order valence-electron chi connectivity index (χ0n) is 13.8. The molecule has 3 heteroatoms. The average molecular weight is 333 g/mol. The lowest BCUT2D eigenvalue weighted by Gasteiger charge is -2.29. The smallest absolute Gasteiger partial charge is 0.200 e. The summed E-state index contributed by atoms with van der Waals surface area (Å²) in [7, 11) is 0. The maximum Gasteiger partial charge on any atom is 0.200 e. The number of carbonyl (C=O) groups excluding carboxylic acids is 1. The zero-order valence-corrected chi connectivity index (χ0v) is 14.6. The Kier molecular flexibility index (Phi) is 3.61. The molecule has 24 heavy (non-hydrogen) atoms. The topological polar surface area (TPSA) is 22.0 Å². The fraction of sp³-hybridized carbons (Fsp3) is 0.190. The molecule has 0 saturated heterocycles. The third-order valence-electron chi connectivity index (χ3n) is 4.74. The first-order chi connectivity index (χ1) is 11.7. The molecule has 1 aromatic heterocycles. The Balaban J connectivity index is 2.02. The number of hydrogen-bond acceptors (Lipinski definition) is 2. The molecule has 1 unspecified atom stereocenters. The highest BCUT2D eigenvalue weighted by molar-refractivity contribution is 8.01. The lowest BCUT2D eigenvalue weighted by molar-refractivity contribution is 0.0933. The Morgan fingerprint density at radius 1 is 1.04 bits per heavy atom. The molecule has 1 aliphatic heterocycles. The summed E-state index contributed by atoms with van der Waals surface area (Å²) in [5.74, 6) is 0.181. The predicted molar refractivity (Wildman–Crippen MR) is 99.1 cm³/mol. The van der Waals surface area contributed by atoms with Gasteiger partial charge in [0.15, 0.2) is 5.78 Å². The predicted octanol–water partition coefficient (Wildman–Crippen LogP) is 5.38. The highest BCUT2D eigenvalue weighted by Gasteiger charge is 2.43. The number of aryl methyl sites for hydroxylation is 1. The standard InChI is InChI=1S/C21H19NOS/c1-3-21(16-8-5-4-6-9-16)20(23)17-10-7-13-22(17)18-14-15(2)11-12-19(18)24-21/h4-14H,3H2,1-2H3. The molecule has 4 rings (SSSR count). The Hall–Kier alpha value is -2.26. The van der Waals surface area contributed by atoms with Gasteiger partial charge in [-0.05, 0) is 48.7 Å². The van der Waals surface area contributed by atoms with Crippen molar-refractivity contribution in [1.82, 2.24) is 4.57 Å². The summed E-state index contributed by atoms with van der Waals surface area (Å²) in [4.78, 5) is 14.7. The van der Waals surface area contributed by atoms with Crippen LogP contribution in [0.1, 0.15) is 35.0 Å². The van der Waals surface area contributed by atoms with Crippen LogP contribution in [0, 0.1) is 6.92 Å². The highest BCUT2D eigenvalue weighted by Crippen LogP contribution is 2.50. The maximum absolute atomic E-state index is 13.6. The van der Waals surface area contributed by atoms with E-state index in [4.69, 9.17) is 0 Å². The van der Waals surface area contributed by atoms with Crippen molar-refractivity contribution in [3.05, 3.63) is 83.7 Å². The van der Waals surface area contributed by atoms with Crippen LogP contribution < -0.4 is 0 Å². The van der Waals surface area contributed by atoms with Crippen LogP contribution in [0.25, 0.3) is 5.69 Å². The minimum Gasteiger partial charge on any atom is -0.313 e. The van der Waals surface area contributed by atoms with Crippen molar-refractivity contribution < 1.29 is 4.79 Å². The van der Waals surface area contributed by atoms with Gasteiger partial charge in [0.05, 0.1) is 11.4 Å². The van der Waals surface area contributed by atoms with E-state index in [0.29, 0.717) is 0 Å². The Morgan fingerprint density at radius 3 is 2.58 bits per heavy atom. The van der Waals surface area contributed by atoms with Gasteiger partial charge in [-0.15, -0.1) is 11.8 Å². The summed E-state index contributed by atoms with van der Waals surface area (Å²) < 4.78 is 1.45. The van der Waals surface area contributed by atoms with Crippen molar-refractivity contribution >= 4 is 17.5 Å². The number of benzene rings is 2. The van der Waals surface area contributed by atoms with Crippen LogP contribution in [0.15, 0.2) is 71.8 Å². The van der Waals surface area contributed by atoms with E-state index in [9.17, 15) is 4.79 Å². The van der Waals surface area contributed by atoms with Gasteiger partial charge in [-0.3, -0.25) is 4.79 Å². The fourth-order valence-electron chi connectivity index (χ4n) is 3.45. The van der Waals surface area contributed by atoms with Crippen LogP contribution in [0.2, 0.25) is 0 Å². The van der Waals surface area contributed by atoms with Crippen molar-refractivity contribution in [2.24, 2.45) is 0 Å². The first-order valence-corrected chi connectivity index (χ1v) is 9.05. The molecule has 0 bridgehead atoms. The van der Waals surface area contributed by atoms with Gasteiger partial charge >= 0.3 is 0 Å². The highest BCUT2D eigenvalue weighted by atomic mass is 32.2. The van der Waals surface area contributed by atoms with Gasteiger partial charge in [-0.2, -0.15) is 0 Å². The molecule has 0 fully saturated rings. The quantitative estimate of drug-likeness (QED) is 0.628. The zero-order chi connectivity index (χ0) is 16.7. The van der Waals surface area contributed by atoms with E-state index >= 15 is 0 Å². The number of carbonyl (C=O) groups is 1. The molecule has 0 spiro atoms. The van der Waals surface area contributed by atoms with Crippen molar-refractivity contribution in [2.75, 3.05) is 0 Å². The molecule has 120 valence electrons. The van der Waals surface area contributed by atoms with E-state index in [2.05, 4.69) is 44.2 Å². The molecule has 2 nitrogen and oxygen atoms in total. The number of fused-ring (bicyclic) bond motifs is 3. The largest absolute Gasteiger partial charge is 0.313 e. The summed E-state index contributed by atoms with van der Waals surface area (Å²) in [5.41, 5.74) is 4.13. The summed E-state index contributed by atoms with van der Waals surface area (Å²) in [6, 6.07) is 20.5. The number of rotatable bonds is 2. The lowest BCUT2D eigenvalue weighted by atomic mass is 9.89. The first kappa shape index (κ1) is 15.3. The van der Waals surface area contributed by atoms with Crippen molar-refractivity contribution in [2.45, 2.75) is 29.9 Å². The molecular weight excluding hydrogens is 314 g/mol. The molecule has 0 radical (unpaired) electrons. The third kappa shape index (κ3) is 2.15. The van der Waals surface area contributed by atoms with E-state index in [1.54, 1.807) is 11.8 Å². The second-order valence-corrected chi connectivity index (χ2v) is 7.55. The van der Waals surface area contributed by atoms with Crippen molar-refractivity contribution in [3.63, 3.8) is 0 Å². The number of nitrogens with zero attached hydrogens (tertiary/aromatic N) is 1. The molecule has 0 aliphatic carbocycles. The molecule has 0 amide bonds. The van der Waals surface area contributed by atoms with Crippen LogP contribution in [-0.2, 0) is 4.75 Å². The lowest BCUT2D eigenvalue weighted by Crippen LogP contribution is -2.32. The molecule has 2 aromatic carbocycles. The van der Waals surface area contributed by atoms with Crippen LogP contribution in [0.5, 0.6) is 0 Å². The fourth-order valence-corrected chi connectivity index (χ4v) is 4.82. The van der Waals surface area contributed by atoms with E-state index < -0.39 is 4.75 Å². The average Bonchev–Trinajstić information content (AvgIpc) is 3.07. The number of Topliss-reactive ketones (excluding diaryl/α,β-unsaturated/α-hetero) is 1. The number of hydrogen-bond donors (Lipinski definition) is 0. The van der Waals surface area contributed by atoms with Gasteiger partial charge in [0.2, 0.25) is 0 Å². The van der Waals surface area contributed by atoms with Gasteiger partial charge in [0, 0.05) is 11.1 Å². The molecule has 0 N–H and O–H groups in total. The molecule has 1 aliphatic rings. The summed E-state index contributed by atoms with van der Waals surface area (Å²) in [6.45, 7) is 4.19. The number of ketones is 1. The molecule has 0 saturated carbocycles. The van der Waals surface area contributed by atoms with Crippen molar-refractivity contribution in [1.29, 1.82) is 0 Å². The second kappa shape index (κ2) is 5.67. The molecule has 2 heterocycles. The van der Waals surface area contributed by atoms with E-state index in [0.717, 1.165) is 28.3 Å². The number of thioether (sulfide) groups is 1. The Labute approximate surface area is 146 Å². The second-order valence-electron chi connectivity index (χ2n) is 6.21. The van der Waals surface area contributed by atoms with Crippen LogP contribution >= 0.6 is 11.8 Å². The van der Waals surface area contributed by atoms with Crippen LogP contribution in [-0.4, -0.2) is 10.4 Å². The summed E-state index contributed by atoms with van der Waals surface area (Å²) in [5, 5.41) is 0. The Morgan fingerprint density at radius 2 is 1.83 bits per heavy atom. The first-order valence-electron chi connectivity index (χ1n) is 8.23. The normalized spacial score (nSPS) is 19.5. The monoisotopic (exact) mass is 333 g/mol. The van der Waals surface area contributed by atoms with Gasteiger partial charge in [-0.25, -0.2) is 0 Å². The minimum atomic E-state index is -0.585. The third-order valence-corrected chi connectivity index (χ3v) is 6.37. The SMILES string of the molecule is CCC1(c2ccccc2)Sc2ccc(C)cc2-n2cccc2C1=O. The van der Waals surface area contributed by atoms with E-state index in [1.807, 2.05) is 41.1 Å². The Bertz CT molecular complexity index is 913. The van der Waals surface area contributed by atoms with E-state index in [1.165, 1.54) is 5.56 Å². The van der Waals surface area contributed by atoms with Crippen LogP contribution in [0.4, 0.5) is 0 Å².